The minimum absolute atomic E-state index is 0.455. The maximum Gasteiger partial charge on any atom is 0.226 e. The van der Waals surface area contributed by atoms with Gasteiger partial charge in [0.25, 0.3) is 0 Å². The van der Waals surface area contributed by atoms with Crippen molar-refractivity contribution in [3.05, 3.63) is 44.4 Å². The molecule has 5 heteroatoms. The van der Waals surface area contributed by atoms with Gasteiger partial charge in [-0.15, -0.1) is 0 Å². The van der Waals surface area contributed by atoms with Gasteiger partial charge in [-0.1, -0.05) is 17.7 Å². The topological polar surface area (TPSA) is 35.0 Å². The third-order valence-electron chi connectivity index (χ3n) is 3.01. The Kier molecular flexibility index (Phi) is 3.62. The molecule has 0 spiro atoms. The number of benzene rings is 1. The first-order valence-electron chi connectivity index (χ1n) is 6.11. The van der Waals surface area contributed by atoms with Crippen molar-refractivity contribution in [3.8, 4) is 11.6 Å². The van der Waals surface area contributed by atoms with E-state index < -0.39 is 0 Å². The quantitative estimate of drug-likeness (QED) is 0.566. The van der Waals surface area contributed by atoms with Crippen LogP contribution in [-0.4, -0.2) is 9.97 Å². The van der Waals surface area contributed by atoms with Gasteiger partial charge >= 0.3 is 0 Å². The summed E-state index contributed by atoms with van der Waals surface area (Å²) >= 11 is 8.41. The van der Waals surface area contributed by atoms with Crippen LogP contribution in [0.3, 0.4) is 0 Å². The molecule has 1 aliphatic rings. The molecule has 1 aromatic heterocycles. The van der Waals surface area contributed by atoms with Gasteiger partial charge in [-0.2, -0.15) is 4.98 Å². The van der Waals surface area contributed by atoms with Gasteiger partial charge < -0.3 is 4.74 Å². The predicted octanol–water partition coefficient (Wildman–Crippen LogP) is 4.71. The Balaban J connectivity index is 1.95. The molecule has 1 aromatic carbocycles. The van der Waals surface area contributed by atoms with Gasteiger partial charge in [0.2, 0.25) is 5.88 Å². The molecule has 19 heavy (non-hydrogen) atoms. The van der Waals surface area contributed by atoms with Gasteiger partial charge in [0.05, 0.1) is 0 Å². The van der Waals surface area contributed by atoms with Crippen LogP contribution in [0.1, 0.15) is 30.1 Å². The normalized spacial score (nSPS) is 14.5. The zero-order valence-corrected chi connectivity index (χ0v) is 13.3. The second-order valence-corrected chi connectivity index (χ2v) is 6.24. The SMILES string of the molecule is Cc1c(Cl)nc(C2CC2)nc1Oc1cccc(I)c1. The van der Waals surface area contributed by atoms with E-state index in [4.69, 9.17) is 16.3 Å². The molecule has 98 valence electrons. The van der Waals surface area contributed by atoms with Crippen LogP contribution >= 0.6 is 34.2 Å². The van der Waals surface area contributed by atoms with Crippen LogP contribution in [0.15, 0.2) is 24.3 Å². The van der Waals surface area contributed by atoms with Gasteiger partial charge in [-0.3, -0.25) is 0 Å². The molecule has 3 rings (SSSR count). The molecule has 0 saturated heterocycles. The first kappa shape index (κ1) is 13.1. The number of nitrogens with zero attached hydrogens (tertiary/aromatic N) is 2. The average Bonchev–Trinajstić information content (AvgIpc) is 3.19. The van der Waals surface area contributed by atoms with Crippen LogP contribution in [0.2, 0.25) is 5.15 Å². The summed E-state index contributed by atoms with van der Waals surface area (Å²) in [6.45, 7) is 1.88. The summed E-state index contributed by atoms with van der Waals surface area (Å²) in [5, 5.41) is 0.484. The van der Waals surface area contributed by atoms with E-state index in [1.165, 1.54) is 0 Å². The molecule has 0 radical (unpaired) electrons. The molecular formula is C14H12ClIN2O. The molecule has 0 unspecified atom stereocenters. The highest BCUT2D eigenvalue weighted by atomic mass is 127. The molecular weight excluding hydrogens is 375 g/mol. The lowest BCUT2D eigenvalue weighted by molar-refractivity contribution is 0.454. The molecule has 0 N–H and O–H groups in total. The Bertz CT molecular complexity index is 629. The van der Waals surface area contributed by atoms with Crippen LogP contribution in [0.25, 0.3) is 0 Å². The van der Waals surface area contributed by atoms with Gasteiger partial charge in [-0.25, -0.2) is 4.98 Å². The highest BCUT2D eigenvalue weighted by Crippen LogP contribution is 2.40. The van der Waals surface area contributed by atoms with Crippen molar-refractivity contribution in [3.63, 3.8) is 0 Å². The highest BCUT2D eigenvalue weighted by molar-refractivity contribution is 14.1. The molecule has 1 saturated carbocycles. The lowest BCUT2D eigenvalue weighted by Gasteiger charge is -2.10. The van der Waals surface area contributed by atoms with Crippen molar-refractivity contribution in [2.24, 2.45) is 0 Å². The van der Waals surface area contributed by atoms with E-state index in [0.29, 0.717) is 17.0 Å². The van der Waals surface area contributed by atoms with Crippen molar-refractivity contribution >= 4 is 34.2 Å². The third kappa shape index (κ3) is 3.00. The van der Waals surface area contributed by atoms with Crippen LogP contribution < -0.4 is 4.74 Å². The van der Waals surface area contributed by atoms with Gasteiger partial charge in [0, 0.05) is 15.1 Å². The van der Waals surface area contributed by atoms with E-state index in [-0.39, 0.29) is 0 Å². The van der Waals surface area contributed by atoms with Crippen LogP contribution in [0, 0.1) is 10.5 Å². The summed E-state index contributed by atoms with van der Waals surface area (Å²) in [5.74, 6) is 2.59. The number of rotatable bonds is 3. The van der Waals surface area contributed by atoms with Crippen molar-refractivity contribution < 1.29 is 4.74 Å². The van der Waals surface area contributed by atoms with E-state index in [9.17, 15) is 0 Å². The number of hydrogen-bond donors (Lipinski definition) is 0. The maximum atomic E-state index is 6.16. The summed E-state index contributed by atoms with van der Waals surface area (Å²) in [7, 11) is 0. The Labute approximate surface area is 130 Å². The fourth-order valence-corrected chi connectivity index (χ4v) is 2.43. The molecule has 0 aliphatic heterocycles. The zero-order valence-electron chi connectivity index (χ0n) is 10.4. The average molecular weight is 387 g/mol. The summed E-state index contributed by atoms with van der Waals surface area (Å²) in [4.78, 5) is 8.83. The van der Waals surface area contributed by atoms with Gasteiger partial charge in [0.15, 0.2) is 0 Å². The fraction of sp³-hybridized carbons (Fsp3) is 0.286. The summed E-state index contributed by atoms with van der Waals surface area (Å²) in [5.41, 5.74) is 0.782. The van der Waals surface area contributed by atoms with Crippen molar-refractivity contribution in [1.29, 1.82) is 0 Å². The molecule has 0 bridgehead atoms. The van der Waals surface area contributed by atoms with Gasteiger partial charge in [0.1, 0.15) is 16.7 Å². The van der Waals surface area contributed by atoms with E-state index in [1.807, 2.05) is 31.2 Å². The lowest BCUT2D eigenvalue weighted by Crippen LogP contribution is -2.00. The molecule has 1 heterocycles. The molecule has 1 fully saturated rings. The number of aromatic nitrogens is 2. The highest BCUT2D eigenvalue weighted by Gasteiger charge is 2.28. The third-order valence-corrected chi connectivity index (χ3v) is 4.05. The van der Waals surface area contributed by atoms with E-state index >= 15 is 0 Å². The number of halogens is 2. The van der Waals surface area contributed by atoms with Gasteiger partial charge in [-0.05, 0) is 60.6 Å². The minimum Gasteiger partial charge on any atom is -0.439 e. The fourth-order valence-electron chi connectivity index (χ4n) is 1.75. The molecule has 0 amide bonds. The second kappa shape index (κ2) is 5.25. The molecule has 3 nitrogen and oxygen atoms in total. The Hall–Kier alpha value is -0.880. The number of hydrogen-bond acceptors (Lipinski definition) is 3. The van der Waals surface area contributed by atoms with Crippen LogP contribution in [0.5, 0.6) is 11.6 Å². The largest absolute Gasteiger partial charge is 0.439 e. The van der Waals surface area contributed by atoms with Crippen molar-refractivity contribution in [1.82, 2.24) is 9.97 Å². The predicted molar refractivity (Wildman–Crippen MR) is 83.0 cm³/mol. The van der Waals surface area contributed by atoms with E-state index in [1.54, 1.807) is 0 Å². The Morgan fingerprint density at radius 2 is 2.11 bits per heavy atom. The standard InChI is InChI=1S/C14H12ClIN2O/c1-8-12(15)17-13(9-5-6-9)18-14(8)19-11-4-2-3-10(16)7-11/h2-4,7,9H,5-6H2,1H3. The Morgan fingerprint density at radius 1 is 1.32 bits per heavy atom. The first-order chi connectivity index (χ1) is 9.13. The zero-order chi connectivity index (χ0) is 13.4. The molecule has 0 atom stereocenters. The lowest BCUT2D eigenvalue weighted by atomic mass is 10.3. The van der Waals surface area contributed by atoms with E-state index in [0.717, 1.165) is 33.5 Å². The molecule has 2 aromatic rings. The summed E-state index contributed by atoms with van der Waals surface area (Å²) < 4.78 is 6.97. The Morgan fingerprint density at radius 3 is 2.79 bits per heavy atom. The van der Waals surface area contributed by atoms with E-state index in [2.05, 4.69) is 32.6 Å². The summed E-state index contributed by atoms with van der Waals surface area (Å²) in [6.07, 6.45) is 2.28. The smallest absolute Gasteiger partial charge is 0.226 e. The number of ether oxygens (including phenoxy) is 1. The van der Waals surface area contributed by atoms with Crippen LogP contribution in [0.4, 0.5) is 0 Å². The minimum atomic E-state index is 0.455. The first-order valence-corrected chi connectivity index (χ1v) is 7.56. The summed E-state index contributed by atoms with van der Waals surface area (Å²) in [6, 6.07) is 7.85. The second-order valence-electron chi connectivity index (χ2n) is 4.64. The van der Waals surface area contributed by atoms with Crippen LogP contribution in [-0.2, 0) is 0 Å². The molecule has 1 aliphatic carbocycles. The monoisotopic (exact) mass is 386 g/mol. The van der Waals surface area contributed by atoms with Crippen molar-refractivity contribution in [2.75, 3.05) is 0 Å². The maximum absolute atomic E-state index is 6.16. The van der Waals surface area contributed by atoms with Crippen molar-refractivity contribution in [2.45, 2.75) is 25.7 Å².